The lowest BCUT2D eigenvalue weighted by atomic mass is 10.0. The zero-order valence-corrected chi connectivity index (χ0v) is 21.5. The normalized spacial score (nSPS) is 11.9. The summed E-state index contributed by atoms with van der Waals surface area (Å²) >= 11 is 11.8. The number of hydrogen-bond donors (Lipinski definition) is 1. The number of benzene rings is 1. The molecule has 0 atom stereocenters. The van der Waals surface area contributed by atoms with E-state index in [-0.39, 0.29) is 28.4 Å². The van der Waals surface area contributed by atoms with Crippen LogP contribution >= 0.6 is 23.2 Å². The van der Waals surface area contributed by atoms with Crippen molar-refractivity contribution in [2.45, 2.75) is 27.7 Å². The van der Waals surface area contributed by atoms with Crippen LogP contribution in [0.3, 0.4) is 0 Å². The number of methoxy groups -OCH3 is 1. The zero-order chi connectivity index (χ0) is 25.8. The highest BCUT2D eigenvalue weighted by Crippen LogP contribution is 2.28. The van der Waals surface area contributed by atoms with Gasteiger partial charge in [-0.25, -0.2) is 4.79 Å². The van der Waals surface area contributed by atoms with Gasteiger partial charge in [0.05, 0.1) is 24.0 Å². The number of rotatable bonds is 13. The van der Waals surface area contributed by atoms with Crippen LogP contribution < -0.4 is 10.2 Å². The first-order valence-corrected chi connectivity index (χ1v) is 11.6. The van der Waals surface area contributed by atoms with E-state index in [4.69, 9.17) is 32.7 Å². The van der Waals surface area contributed by atoms with Gasteiger partial charge in [0.25, 0.3) is 0 Å². The molecule has 0 saturated carbocycles. The average molecular weight is 513 g/mol. The molecule has 0 spiro atoms. The molecule has 0 aliphatic rings. The highest BCUT2D eigenvalue weighted by atomic mass is 35.5. The van der Waals surface area contributed by atoms with Crippen molar-refractivity contribution in [2.24, 2.45) is 0 Å². The second-order valence-electron chi connectivity index (χ2n) is 7.20. The minimum atomic E-state index is -0.726. The Bertz CT molecular complexity index is 982. The molecule has 0 radical (unpaired) electrons. The molecule has 1 rings (SSSR count). The first kappa shape index (κ1) is 29.2. The van der Waals surface area contributed by atoms with E-state index in [1.165, 1.54) is 46.1 Å². The Morgan fingerprint density at radius 3 is 2.15 bits per heavy atom. The molecule has 0 fully saturated rings. The average Bonchev–Trinajstić information content (AvgIpc) is 2.78. The van der Waals surface area contributed by atoms with Crippen molar-refractivity contribution in [3.05, 3.63) is 46.7 Å². The maximum absolute atomic E-state index is 12.7. The van der Waals surface area contributed by atoms with Crippen LogP contribution in [-0.2, 0) is 23.9 Å². The van der Waals surface area contributed by atoms with Gasteiger partial charge in [-0.1, -0.05) is 0 Å². The number of alkyl halides is 2. The third kappa shape index (κ3) is 8.18. The van der Waals surface area contributed by atoms with Gasteiger partial charge >= 0.3 is 5.97 Å². The van der Waals surface area contributed by atoms with Gasteiger partial charge in [-0.3, -0.25) is 14.4 Å². The summed E-state index contributed by atoms with van der Waals surface area (Å²) in [5, 5.41) is 2.70. The smallest absolute Gasteiger partial charge is 0.338 e. The number of nitrogens with one attached hydrogen (secondary N) is 1. The van der Waals surface area contributed by atoms with Gasteiger partial charge < -0.3 is 19.7 Å². The summed E-state index contributed by atoms with van der Waals surface area (Å²) in [4.78, 5) is 51.0. The Hall–Kier alpha value is -2.84. The fraction of sp³-hybridized carbons (Fsp3) is 0.417. The van der Waals surface area contributed by atoms with E-state index in [1.807, 2.05) is 4.90 Å². The molecule has 0 unspecified atom stereocenters. The van der Waals surface area contributed by atoms with Gasteiger partial charge in [0, 0.05) is 42.9 Å². The van der Waals surface area contributed by atoms with Crippen LogP contribution in [0.2, 0.25) is 0 Å². The van der Waals surface area contributed by atoms with Crippen LogP contribution in [0, 0.1) is 0 Å². The molecule has 1 amide bonds. The Morgan fingerprint density at radius 2 is 1.68 bits per heavy atom. The van der Waals surface area contributed by atoms with Crippen LogP contribution in [0.4, 0.5) is 11.4 Å². The lowest BCUT2D eigenvalue weighted by molar-refractivity contribution is -0.117. The van der Waals surface area contributed by atoms with E-state index in [9.17, 15) is 19.2 Å². The number of ketones is 2. The van der Waals surface area contributed by atoms with Crippen LogP contribution in [0.25, 0.3) is 0 Å². The molecule has 34 heavy (non-hydrogen) atoms. The minimum Gasteiger partial charge on any atom is -0.493 e. The summed E-state index contributed by atoms with van der Waals surface area (Å²) in [5.74, 6) is -1.16. The molecule has 0 aliphatic carbocycles. The van der Waals surface area contributed by atoms with Gasteiger partial charge in [-0.2, -0.15) is 0 Å². The van der Waals surface area contributed by atoms with Gasteiger partial charge in [0.15, 0.2) is 11.5 Å². The molecule has 0 saturated heterocycles. The summed E-state index contributed by atoms with van der Waals surface area (Å²) < 4.78 is 10.3. The number of nitrogens with zero attached hydrogens (tertiary/aromatic N) is 1. The maximum atomic E-state index is 12.7. The molecule has 1 N–H and O–H groups in total. The molecule has 0 aliphatic heterocycles. The predicted octanol–water partition coefficient (Wildman–Crippen LogP) is 4.11. The number of hydrogen-bond acceptors (Lipinski definition) is 7. The Balaban J connectivity index is 3.23. The summed E-state index contributed by atoms with van der Waals surface area (Å²) in [6.45, 7) is 6.32. The predicted molar refractivity (Wildman–Crippen MR) is 134 cm³/mol. The minimum absolute atomic E-state index is 0.0591. The number of ether oxygens (including phenoxy) is 2. The van der Waals surface area contributed by atoms with Gasteiger partial charge in [0.1, 0.15) is 6.61 Å². The van der Waals surface area contributed by atoms with E-state index < -0.39 is 24.1 Å². The third-order valence-corrected chi connectivity index (χ3v) is 5.20. The lowest BCUT2D eigenvalue weighted by Crippen LogP contribution is -2.29. The second kappa shape index (κ2) is 14.4. The zero-order valence-electron chi connectivity index (χ0n) is 20.0. The van der Waals surface area contributed by atoms with Crippen molar-refractivity contribution in [2.75, 3.05) is 48.8 Å². The number of Topliss-reactive ketones (excluding diaryl/α,β-unsaturated/α-hetero) is 2. The quantitative estimate of drug-likeness (QED) is 0.183. The molecular formula is C24H30Cl2N2O6. The van der Waals surface area contributed by atoms with E-state index in [2.05, 4.69) is 5.32 Å². The molecule has 186 valence electrons. The Labute approximate surface area is 209 Å². The fourth-order valence-electron chi connectivity index (χ4n) is 3.14. The molecule has 1 aromatic carbocycles. The lowest BCUT2D eigenvalue weighted by Gasteiger charge is -2.26. The number of amides is 1. The van der Waals surface area contributed by atoms with Gasteiger partial charge in [-0.05, 0) is 45.0 Å². The van der Waals surface area contributed by atoms with E-state index in [1.54, 1.807) is 13.0 Å². The highest BCUT2D eigenvalue weighted by molar-refractivity contribution is 6.18. The first-order chi connectivity index (χ1) is 16.1. The SMILES string of the molecule is C/C=C(\OC)C(=O)/C(C)=C(/COC(=O)c1ccc(N(CCCl)CCCl)c(NC(C)=O)c1)C(C)=O. The maximum Gasteiger partial charge on any atom is 0.338 e. The number of anilines is 2. The third-order valence-electron chi connectivity index (χ3n) is 4.86. The van der Waals surface area contributed by atoms with E-state index in [0.717, 1.165) is 0 Å². The van der Waals surface area contributed by atoms with Crippen LogP contribution in [0.5, 0.6) is 0 Å². The first-order valence-electron chi connectivity index (χ1n) is 10.5. The van der Waals surface area contributed by atoms with Gasteiger partial charge in [-0.15, -0.1) is 23.2 Å². The standard InChI is InChI=1S/C24H30Cl2N2O6/c1-6-22(33-5)23(31)15(2)19(16(3)29)14-34-24(32)18-7-8-21(20(13-18)27-17(4)30)28(11-9-25)12-10-26/h6-8,13H,9-12,14H2,1-5H3,(H,27,30)/b19-15-,22-6-. The molecule has 10 heteroatoms. The topological polar surface area (TPSA) is 102 Å². The number of esters is 1. The molecule has 8 nitrogen and oxygen atoms in total. The molecular weight excluding hydrogens is 483 g/mol. The molecule has 1 aromatic rings. The number of carbonyl (C=O) groups excluding carboxylic acids is 4. The Morgan fingerprint density at radius 1 is 1.06 bits per heavy atom. The molecule has 0 aromatic heterocycles. The second-order valence-corrected chi connectivity index (χ2v) is 7.96. The highest BCUT2D eigenvalue weighted by Gasteiger charge is 2.21. The molecule has 0 bridgehead atoms. The van der Waals surface area contributed by atoms with Crippen molar-refractivity contribution < 1.29 is 28.7 Å². The van der Waals surface area contributed by atoms with Crippen LogP contribution in [0.15, 0.2) is 41.2 Å². The van der Waals surface area contributed by atoms with Gasteiger partial charge in [0.2, 0.25) is 11.7 Å². The van der Waals surface area contributed by atoms with Crippen molar-refractivity contribution in [3.63, 3.8) is 0 Å². The van der Waals surface area contributed by atoms with Crippen molar-refractivity contribution in [1.29, 1.82) is 0 Å². The van der Waals surface area contributed by atoms with E-state index in [0.29, 0.717) is 36.2 Å². The van der Waals surface area contributed by atoms with Crippen molar-refractivity contribution >= 4 is 58.0 Å². The Kier molecular flexibility index (Phi) is 12.4. The van der Waals surface area contributed by atoms with Crippen LogP contribution in [-0.4, -0.2) is 62.0 Å². The van der Waals surface area contributed by atoms with E-state index >= 15 is 0 Å². The summed E-state index contributed by atoms with van der Waals surface area (Å²) in [7, 11) is 1.35. The van der Waals surface area contributed by atoms with Crippen molar-refractivity contribution in [3.8, 4) is 0 Å². The largest absolute Gasteiger partial charge is 0.493 e. The summed E-state index contributed by atoms with van der Waals surface area (Å²) in [5.41, 5.74) is 1.38. The summed E-state index contributed by atoms with van der Waals surface area (Å²) in [6.07, 6.45) is 1.48. The van der Waals surface area contributed by atoms with Crippen molar-refractivity contribution in [1.82, 2.24) is 0 Å². The number of allylic oxidation sites excluding steroid dienone is 2. The summed E-state index contributed by atoms with van der Waals surface area (Å²) in [6, 6.07) is 4.68. The fourth-order valence-corrected chi connectivity index (χ4v) is 3.55. The number of carbonyl (C=O) groups is 4. The number of halogens is 2. The van der Waals surface area contributed by atoms with Crippen LogP contribution in [0.1, 0.15) is 38.1 Å². The monoisotopic (exact) mass is 512 g/mol. The molecule has 0 heterocycles.